The van der Waals surface area contributed by atoms with Crippen LogP contribution < -0.4 is 15.4 Å². The van der Waals surface area contributed by atoms with E-state index in [9.17, 15) is 0 Å². The van der Waals surface area contributed by atoms with Crippen LogP contribution in [-0.4, -0.2) is 26.2 Å². The number of nitrogens with two attached hydrogens (primary N) is 1. The van der Waals surface area contributed by atoms with Crippen LogP contribution in [0.15, 0.2) is 24.3 Å². The van der Waals surface area contributed by atoms with Gasteiger partial charge in [-0.3, -0.25) is 0 Å². The number of methoxy groups -OCH3 is 1. The first-order valence-corrected chi connectivity index (χ1v) is 7.28. The molecule has 1 aliphatic rings. The maximum Gasteiger partial charge on any atom is 0.142 e. The van der Waals surface area contributed by atoms with Crippen molar-refractivity contribution in [2.24, 2.45) is 5.73 Å². The molecule has 0 unspecified atom stereocenters. The fourth-order valence-corrected chi connectivity index (χ4v) is 2.96. The van der Waals surface area contributed by atoms with Crippen molar-refractivity contribution < 1.29 is 4.74 Å². The molecule has 0 spiro atoms. The number of hydrogen-bond acceptors (Lipinski definition) is 3. The van der Waals surface area contributed by atoms with Crippen molar-refractivity contribution in [3.8, 4) is 5.75 Å². The second kappa shape index (κ2) is 6.29. The zero-order valence-electron chi connectivity index (χ0n) is 12.2. The molecule has 1 aromatic rings. The predicted octanol–water partition coefficient (Wildman–Crippen LogP) is 3.18. The summed E-state index contributed by atoms with van der Waals surface area (Å²) in [6.07, 6.45) is 7.33. The van der Waals surface area contributed by atoms with E-state index >= 15 is 0 Å². The van der Waals surface area contributed by atoms with Crippen molar-refractivity contribution in [1.29, 1.82) is 0 Å². The van der Waals surface area contributed by atoms with E-state index < -0.39 is 0 Å². The van der Waals surface area contributed by atoms with Gasteiger partial charge >= 0.3 is 0 Å². The normalized spacial score (nSPS) is 18.1. The number of anilines is 1. The minimum atomic E-state index is 0.0501. The number of benzene rings is 1. The first-order chi connectivity index (χ1) is 9.14. The lowest BCUT2D eigenvalue weighted by Crippen LogP contribution is -2.44. The average Bonchev–Trinajstić information content (AvgIpc) is 2.45. The van der Waals surface area contributed by atoms with Crippen LogP contribution in [0.2, 0.25) is 0 Å². The third-order valence-corrected chi connectivity index (χ3v) is 4.29. The smallest absolute Gasteiger partial charge is 0.142 e. The van der Waals surface area contributed by atoms with E-state index in [1.54, 1.807) is 7.11 Å². The molecule has 0 amide bonds. The standard InChI is InChI=1S/C16H26N2O/c1-18(14-8-4-5-9-15(14)19-2)13-12-16(17)10-6-3-7-11-16/h4-5,8-9H,3,6-7,10-13,17H2,1-2H3. The SMILES string of the molecule is COc1ccccc1N(C)CCC1(N)CCCCC1. The predicted molar refractivity (Wildman–Crippen MR) is 80.9 cm³/mol. The summed E-state index contributed by atoms with van der Waals surface area (Å²) in [5, 5.41) is 0. The lowest BCUT2D eigenvalue weighted by molar-refractivity contribution is 0.280. The molecule has 1 aromatic carbocycles. The Kier molecular flexibility index (Phi) is 4.70. The summed E-state index contributed by atoms with van der Waals surface area (Å²) in [6, 6.07) is 8.16. The van der Waals surface area contributed by atoms with Gasteiger partial charge in [0.15, 0.2) is 0 Å². The third-order valence-electron chi connectivity index (χ3n) is 4.29. The molecule has 0 saturated heterocycles. The van der Waals surface area contributed by atoms with Gasteiger partial charge < -0.3 is 15.4 Å². The van der Waals surface area contributed by atoms with E-state index in [2.05, 4.69) is 18.0 Å². The van der Waals surface area contributed by atoms with E-state index in [-0.39, 0.29) is 5.54 Å². The monoisotopic (exact) mass is 262 g/mol. The fraction of sp³-hybridized carbons (Fsp3) is 0.625. The molecule has 0 radical (unpaired) electrons. The summed E-state index contributed by atoms with van der Waals surface area (Å²) in [7, 11) is 3.84. The van der Waals surface area contributed by atoms with Gasteiger partial charge in [-0.05, 0) is 31.4 Å². The van der Waals surface area contributed by atoms with Crippen LogP contribution in [0, 0.1) is 0 Å². The molecular formula is C16H26N2O. The largest absolute Gasteiger partial charge is 0.495 e. The minimum Gasteiger partial charge on any atom is -0.495 e. The molecule has 1 saturated carbocycles. The van der Waals surface area contributed by atoms with E-state index in [1.165, 1.54) is 32.1 Å². The van der Waals surface area contributed by atoms with E-state index in [0.29, 0.717) is 0 Å². The zero-order chi connectivity index (χ0) is 13.7. The maximum absolute atomic E-state index is 6.50. The summed E-state index contributed by atoms with van der Waals surface area (Å²) >= 11 is 0. The second-order valence-electron chi connectivity index (χ2n) is 5.77. The number of ether oxygens (including phenoxy) is 1. The molecule has 19 heavy (non-hydrogen) atoms. The summed E-state index contributed by atoms with van der Waals surface area (Å²) < 4.78 is 5.41. The third kappa shape index (κ3) is 3.63. The summed E-state index contributed by atoms with van der Waals surface area (Å²) in [6.45, 7) is 0.983. The minimum absolute atomic E-state index is 0.0501. The van der Waals surface area contributed by atoms with Gasteiger partial charge in [0.05, 0.1) is 12.8 Å². The Balaban J connectivity index is 1.95. The number of rotatable bonds is 5. The van der Waals surface area contributed by atoms with Gasteiger partial charge in [0, 0.05) is 19.1 Å². The van der Waals surface area contributed by atoms with Crippen molar-refractivity contribution in [3.05, 3.63) is 24.3 Å². The maximum atomic E-state index is 6.50. The Morgan fingerprint density at radius 2 is 1.89 bits per heavy atom. The number of para-hydroxylation sites is 2. The van der Waals surface area contributed by atoms with E-state index in [4.69, 9.17) is 10.5 Å². The fourth-order valence-electron chi connectivity index (χ4n) is 2.96. The highest BCUT2D eigenvalue weighted by molar-refractivity contribution is 5.57. The van der Waals surface area contributed by atoms with Crippen LogP contribution in [0.4, 0.5) is 5.69 Å². The van der Waals surface area contributed by atoms with Gasteiger partial charge in [0.1, 0.15) is 5.75 Å². The summed E-state index contributed by atoms with van der Waals surface area (Å²) in [4.78, 5) is 2.25. The van der Waals surface area contributed by atoms with Crippen LogP contribution in [0.3, 0.4) is 0 Å². The van der Waals surface area contributed by atoms with Crippen LogP contribution in [0.5, 0.6) is 5.75 Å². The van der Waals surface area contributed by atoms with Crippen molar-refractivity contribution in [1.82, 2.24) is 0 Å². The van der Waals surface area contributed by atoms with Gasteiger partial charge in [0.25, 0.3) is 0 Å². The Bertz CT molecular complexity index is 399. The molecule has 0 heterocycles. The van der Waals surface area contributed by atoms with Crippen molar-refractivity contribution in [2.75, 3.05) is 25.6 Å². The zero-order valence-corrected chi connectivity index (χ0v) is 12.2. The first-order valence-electron chi connectivity index (χ1n) is 7.28. The molecule has 1 aliphatic carbocycles. The highest BCUT2D eigenvalue weighted by Crippen LogP contribution is 2.31. The molecule has 2 rings (SSSR count). The van der Waals surface area contributed by atoms with Gasteiger partial charge in [-0.15, -0.1) is 0 Å². The second-order valence-corrected chi connectivity index (χ2v) is 5.77. The molecule has 2 N–H and O–H groups in total. The Morgan fingerprint density at radius 1 is 1.21 bits per heavy atom. The van der Waals surface area contributed by atoms with Crippen LogP contribution in [-0.2, 0) is 0 Å². The van der Waals surface area contributed by atoms with Gasteiger partial charge in [-0.1, -0.05) is 31.4 Å². The molecule has 0 atom stereocenters. The van der Waals surface area contributed by atoms with Crippen molar-refractivity contribution in [2.45, 2.75) is 44.1 Å². The summed E-state index contributed by atoms with van der Waals surface area (Å²) in [5.74, 6) is 0.930. The van der Waals surface area contributed by atoms with E-state index in [1.807, 2.05) is 18.2 Å². The quantitative estimate of drug-likeness (QED) is 0.885. The topological polar surface area (TPSA) is 38.5 Å². The molecular weight excluding hydrogens is 236 g/mol. The van der Waals surface area contributed by atoms with Gasteiger partial charge in [0.2, 0.25) is 0 Å². The highest BCUT2D eigenvalue weighted by Gasteiger charge is 2.27. The van der Waals surface area contributed by atoms with Gasteiger partial charge in [-0.25, -0.2) is 0 Å². The van der Waals surface area contributed by atoms with Crippen molar-refractivity contribution >= 4 is 5.69 Å². The number of nitrogens with zero attached hydrogens (tertiary/aromatic N) is 1. The Labute approximate surface area is 116 Å². The molecule has 3 nitrogen and oxygen atoms in total. The highest BCUT2D eigenvalue weighted by atomic mass is 16.5. The lowest BCUT2D eigenvalue weighted by atomic mass is 9.80. The van der Waals surface area contributed by atoms with Crippen LogP contribution in [0.25, 0.3) is 0 Å². The van der Waals surface area contributed by atoms with Crippen molar-refractivity contribution in [3.63, 3.8) is 0 Å². The van der Waals surface area contributed by atoms with Crippen LogP contribution >= 0.6 is 0 Å². The average molecular weight is 262 g/mol. The van der Waals surface area contributed by atoms with Crippen LogP contribution in [0.1, 0.15) is 38.5 Å². The summed E-state index contributed by atoms with van der Waals surface area (Å²) in [5.41, 5.74) is 7.69. The van der Waals surface area contributed by atoms with E-state index in [0.717, 1.165) is 24.4 Å². The molecule has 1 fully saturated rings. The molecule has 106 valence electrons. The molecule has 0 aliphatic heterocycles. The number of hydrogen-bond donors (Lipinski definition) is 1. The Hall–Kier alpha value is -1.22. The van der Waals surface area contributed by atoms with Gasteiger partial charge in [-0.2, -0.15) is 0 Å². The molecule has 3 heteroatoms. The lowest BCUT2D eigenvalue weighted by Gasteiger charge is -2.35. The molecule has 0 bridgehead atoms. The first kappa shape index (κ1) is 14.2. The molecule has 0 aromatic heterocycles. The Morgan fingerprint density at radius 3 is 2.58 bits per heavy atom.